The number of benzene rings is 1. The second kappa shape index (κ2) is 6.97. The number of likely N-dealkylation sites (tertiary alicyclic amines) is 1. The van der Waals surface area contributed by atoms with E-state index in [1.54, 1.807) is 18.2 Å². The van der Waals surface area contributed by atoms with E-state index in [9.17, 15) is 14.4 Å². The van der Waals surface area contributed by atoms with Crippen molar-refractivity contribution in [2.45, 2.75) is 38.1 Å². The Balaban J connectivity index is 1.31. The second-order valence-corrected chi connectivity index (χ2v) is 6.98. The lowest BCUT2D eigenvalue weighted by molar-refractivity contribution is -0.147. The molecule has 1 aromatic carbocycles. The number of Topliss-reactive ketones (excluding diaryl/α,β-unsaturated/α-hetero) is 1. The zero-order valence-electron chi connectivity index (χ0n) is 14.4. The lowest BCUT2D eigenvalue weighted by Crippen LogP contribution is -2.35. The van der Waals surface area contributed by atoms with Crippen molar-refractivity contribution in [2.75, 3.05) is 19.9 Å². The molecule has 0 unspecified atom stereocenters. The van der Waals surface area contributed by atoms with Gasteiger partial charge in [-0.15, -0.1) is 0 Å². The van der Waals surface area contributed by atoms with Crippen LogP contribution < -0.4 is 9.47 Å². The molecular formula is C19H21NO6. The minimum Gasteiger partial charge on any atom is -0.457 e. The van der Waals surface area contributed by atoms with Gasteiger partial charge in [0, 0.05) is 24.6 Å². The van der Waals surface area contributed by atoms with Crippen LogP contribution >= 0.6 is 0 Å². The second-order valence-electron chi connectivity index (χ2n) is 6.98. The van der Waals surface area contributed by atoms with Gasteiger partial charge in [0.15, 0.2) is 23.9 Å². The third kappa shape index (κ3) is 3.25. The molecule has 4 rings (SSSR count). The number of nitrogens with zero attached hydrogens (tertiary/aromatic N) is 1. The summed E-state index contributed by atoms with van der Waals surface area (Å²) in [5.41, 5.74) is 0.400. The highest BCUT2D eigenvalue weighted by molar-refractivity contribution is 5.99. The van der Waals surface area contributed by atoms with Crippen molar-refractivity contribution in [1.82, 2.24) is 4.90 Å². The maximum absolute atomic E-state index is 12.3. The highest BCUT2D eigenvalue weighted by Crippen LogP contribution is 2.33. The number of carbonyl (C=O) groups is 3. The SMILES string of the molecule is O=C(COC(=O)[C@H]1CC(=O)N(C2CCCC2)C1)c1ccc2c(c1)OCO2. The standard InChI is InChI=1S/C19H21NO6/c21-15(12-5-6-16-17(7-12)26-11-25-16)10-24-19(23)13-8-18(22)20(9-13)14-3-1-2-4-14/h5-7,13-14H,1-4,8-11H2/t13-/m0/s1. The Kier molecular flexibility index (Phi) is 4.53. The van der Waals surface area contributed by atoms with Crippen molar-refractivity contribution in [3.8, 4) is 11.5 Å². The Morgan fingerprint density at radius 1 is 1.15 bits per heavy atom. The highest BCUT2D eigenvalue weighted by Gasteiger charge is 2.39. The number of hydrogen-bond donors (Lipinski definition) is 0. The van der Waals surface area contributed by atoms with E-state index < -0.39 is 11.9 Å². The van der Waals surface area contributed by atoms with Gasteiger partial charge in [0.05, 0.1) is 5.92 Å². The van der Waals surface area contributed by atoms with Crippen LogP contribution in [0.25, 0.3) is 0 Å². The van der Waals surface area contributed by atoms with Gasteiger partial charge in [-0.2, -0.15) is 0 Å². The van der Waals surface area contributed by atoms with Crippen LogP contribution in [0.1, 0.15) is 42.5 Å². The minimum absolute atomic E-state index is 0.0148. The van der Waals surface area contributed by atoms with E-state index >= 15 is 0 Å². The van der Waals surface area contributed by atoms with Crippen LogP contribution in [0.3, 0.4) is 0 Å². The average molecular weight is 359 g/mol. The molecule has 1 amide bonds. The van der Waals surface area contributed by atoms with Gasteiger partial charge in [0.1, 0.15) is 0 Å². The molecule has 0 aromatic heterocycles. The minimum atomic E-state index is -0.479. The van der Waals surface area contributed by atoms with E-state index in [1.165, 1.54) is 0 Å². The first-order valence-corrected chi connectivity index (χ1v) is 9.01. The predicted molar refractivity (Wildman–Crippen MR) is 89.9 cm³/mol. The predicted octanol–water partition coefficient (Wildman–Crippen LogP) is 1.93. The van der Waals surface area contributed by atoms with Crippen LogP contribution in [0, 0.1) is 5.92 Å². The van der Waals surface area contributed by atoms with Gasteiger partial charge >= 0.3 is 5.97 Å². The number of fused-ring (bicyclic) bond motifs is 1. The Bertz CT molecular complexity index is 740. The summed E-state index contributed by atoms with van der Waals surface area (Å²) in [5.74, 6) is -0.152. The largest absolute Gasteiger partial charge is 0.457 e. The highest BCUT2D eigenvalue weighted by atomic mass is 16.7. The summed E-state index contributed by atoms with van der Waals surface area (Å²) in [7, 11) is 0. The summed E-state index contributed by atoms with van der Waals surface area (Å²) in [5, 5.41) is 0. The van der Waals surface area contributed by atoms with E-state index in [4.69, 9.17) is 14.2 Å². The smallest absolute Gasteiger partial charge is 0.311 e. The van der Waals surface area contributed by atoms with Gasteiger partial charge in [-0.25, -0.2) is 0 Å². The first-order valence-electron chi connectivity index (χ1n) is 9.01. The molecule has 0 spiro atoms. The fourth-order valence-electron chi connectivity index (χ4n) is 3.87. The molecule has 0 bridgehead atoms. The zero-order valence-corrected chi connectivity index (χ0v) is 14.4. The Morgan fingerprint density at radius 2 is 1.92 bits per heavy atom. The number of carbonyl (C=O) groups excluding carboxylic acids is 3. The summed E-state index contributed by atoms with van der Waals surface area (Å²) in [4.78, 5) is 38.5. The molecular weight excluding hydrogens is 338 g/mol. The summed E-state index contributed by atoms with van der Waals surface area (Å²) in [6.45, 7) is 0.197. The first kappa shape index (κ1) is 16.9. The van der Waals surface area contributed by atoms with Gasteiger partial charge in [0.2, 0.25) is 12.7 Å². The zero-order chi connectivity index (χ0) is 18.1. The maximum Gasteiger partial charge on any atom is 0.311 e. The van der Waals surface area contributed by atoms with Crippen molar-refractivity contribution in [1.29, 1.82) is 0 Å². The van der Waals surface area contributed by atoms with Crippen molar-refractivity contribution >= 4 is 17.7 Å². The molecule has 7 nitrogen and oxygen atoms in total. The molecule has 2 aliphatic heterocycles. The van der Waals surface area contributed by atoms with Crippen LogP contribution in [0.15, 0.2) is 18.2 Å². The van der Waals surface area contributed by atoms with Crippen molar-refractivity contribution in [3.05, 3.63) is 23.8 Å². The fraction of sp³-hybridized carbons (Fsp3) is 0.526. The van der Waals surface area contributed by atoms with Gasteiger partial charge in [-0.3, -0.25) is 14.4 Å². The van der Waals surface area contributed by atoms with Crippen LogP contribution in [-0.2, 0) is 14.3 Å². The summed E-state index contributed by atoms with van der Waals surface area (Å²) < 4.78 is 15.6. The number of hydrogen-bond acceptors (Lipinski definition) is 6. The maximum atomic E-state index is 12.3. The molecule has 2 fully saturated rings. The van der Waals surface area contributed by atoms with Crippen molar-refractivity contribution in [2.24, 2.45) is 5.92 Å². The fourth-order valence-corrected chi connectivity index (χ4v) is 3.87. The van der Waals surface area contributed by atoms with Crippen LogP contribution in [0.2, 0.25) is 0 Å². The summed E-state index contributed by atoms with van der Waals surface area (Å²) in [6, 6.07) is 5.12. The van der Waals surface area contributed by atoms with E-state index in [0.717, 1.165) is 25.7 Å². The third-order valence-electron chi connectivity index (χ3n) is 5.30. The Hall–Kier alpha value is -2.57. The monoisotopic (exact) mass is 359 g/mol. The number of ketones is 1. The van der Waals surface area contributed by atoms with Gasteiger partial charge in [-0.05, 0) is 31.0 Å². The number of rotatable bonds is 5. The molecule has 1 aliphatic carbocycles. The van der Waals surface area contributed by atoms with E-state index in [0.29, 0.717) is 23.6 Å². The molecule has 1 atom stereocenters. The Labute approximate surface area is 151 Å². The third-order valence-corrected chi connectivity index (χ3v) is 5.30. The van der Waals surface area contributed by atoms with Crippen LogP contribution in [0.5, 0.6) is 11.5 Å². The molecule has 1 saturated carbocycles. The number of ether oxygens (including phenoxy) is 3. The molecule has 1 saturated heterocycles. The summed E-state index contributed by atoms with van der Waals surface area (Å²) >= 11 is 0. The van der Waals surface area contributed by atoms with Crippen LogP contribution in [0.4, 0.5) is 0 Å². The van der Waals surface area contributed by atoms with Gasteiger partial charge in [0.25, 0.3) is 0 Å². The molecule has 138 valence electrons. The normalized spacial score (nSPS) is 22.1. The van der Waals surface area contributed by atoms with Gasteiger partial charge < -0.3 is 19.1 Å². The number of amides is 1. The lowest BCUT2D eigenvalue weighted by atomic mass is 10.1. The molecule has 3 aliphatic rings. The average Bonchev–Trinajstić information content (AvgIpc) is 3.38. The van der Waals surface area contributed by atoms with Gasteiger partial charge in [-0.1, -0.05) is 12.8 Å². The summed E-state index contributed by atoms with van der Waals surface area (Å²) in [6.07, 6.45) is 4.46. The molecule has 2 heterocycles. The Morgan fingerprint density at radius 3 is 2.73 bits per heavy atom. The van der Waals surface area contributed by atoms with E-state index in [2.05, 4.69) is 0 Å². The van der Waals surface area contributed by atoms with E-state index in [-0.39, 0.29) is 37.6 Å². The molecule has 0 N–H and O–H groups in total. The quantitative estimate of drug-likeness (QED) is 0.590. The molecule has 7 heteroatoms. The van der Waals surface area contributed by atoms with E-state index in [1.807, 2.05) is 4.90 Å². The number of esters is 1. The van der Waals surface area contributed by atoms with Crippen molar-refractivity contribution < 1.29 is 28.6 Å². The molecule has 1 aromatic rings. The van der Waals surface area contributed by atoms with Crippen molar-refractivity contribution in [3.63, 3.8) is 0 Å². The van der Waals surface area contributed by atoms with Crippen LogP contribution in [-0.4, -0.2) is 48.5 Å². The topological polar surface area (TPSA) is 82.1 Å². The molecule has 0 radical (unpaired) electrons. The lowest BCUT2D eigenvalue weighted by Gasteiger charge is -2.23. The molecule has 26 heavy (non-hydrogen) atoms. The first-order chi connectivity index (χ1) is 12.6.